The Kier molecular flexibility index (Phi) is 9.03. The van der Waals surface area contributed by atoms with Crippen LogP contribution in [0.15, 0.2) is 36.4 Å². The van der Waals surface area contributed by atoms with Crippen LogP contribution in [0.1, 0.15) is 88.2 Å². The highest BCUT2D eigenvalue weighted by molar-refractivity contribution is 5.93. The second-order valence-electron chi connectivity index (χ2n) is 7.99. The fraction of sp³-hybridized carbons (Fsp3) is 0.480. The largest absolute Gasteiger partial charge is 0.508 e. The normalized spacial score (nSPS) is 13.1. The molecule has 5 nitrogen and oxygen atoms in total. The maximum Gasteiger partial charge on any atom is 0.148 e. The van der Waals surface area contributed by atoms with Crippen LogP contribution < -0.4 is 0 Å². The Morgan fingerprint density at radius 2 is 1.10 bits per heavy atom. The number of phenols is 4. The third kappa shape index (κ3) is 6.15. The molecule has 2 aromatic carbocycles. The first-order valence-corrected chi connectivity index (χ1v) is 11.0. The number of benzene rings is 2. The molecule has 0 aliphatic rings. The molecule has 0 heterocycles. The molecule has 2 aromatic rings. The molecule has 0 aliphatic carbocycles. The number of phenolic OH excluding ortho intramolecular Hbond substituents is 4. The predicted octanol–water partition coefficient (Wildman–Crippen LogP) is 6.11. The van der Waals surface area contributed by atoms with E-state index in [9.17, 15) is 25.2 Å². The quantitative estimate of drug-likeness (QED) is 0.314. The zero-order valence-corrected chi connectivity index (χ0v) is 18.0. The summed E-state index contributed by atoms with van der Waals surface area (Å²) in [6, 6.07) is 8.72. The molecule has 0 aliphatic heterocycles. The van der Waals surface area contributed by atoms with Crippen molar-refractivity contribution in [1.82, 2.24) is 0 Å². The molecule has 2 unspecified atom stereocenters. The average Bonchev–Trinajstić information content (AvgIpc) is 2.70. The molecule has 2 atom stereocenters. The van der Waals surface area contributed by atoms with Gasteiger partial charge in [0.05, 0.1) is 0 Å². The van der Waals surface area contributed by atoms with Crippen LogP contribution >= 0.6 is 0 Å². The smallest absolute Gasteiger partial charge is 0.148 e. The van der Waals surface area contributed by atoms with Crippen LogP contribution in [0.25, 0.3) is 0 Å². The summed E-state index contributed by atoms with van der Waals surface area (Å²) in [7, 11) is 0. The number of unbranched alkanes of at least 4 members (excludes halogenated alkanes) is 4. The van der Waals surface area contributed by atoms with Gasteiger partial charge in [-0.1, -0.05) is 64.5 Å². The molecular weight excluding hydrogens is 380 g/mol. The molecule has 30 heavy (non-hydrogen) atoms. The number of aromatic hydroxyl groups is 4. The summed E-state index contributed by atoms with van der Waals surface area (Å²) in [5.41, 5.74) is 1.01. The summed E-state index contributed by atoms with van der Waals surface area (Å²) in [6.45, 7) is 4.19. The van der Waals surface area contributed by atoms with Crippen molar-refractivity contribution in [1.29, 1.82) is 0 Å². The van der Waals surface area contributed by atoms with Gasteiger partial charge in [0, 0.05) is 35.1 Å². The van der Waals surface area contributed by atoms with Gasteiger partial charge in [0.2, 0.25) is 0 Å². The fourth-order valence-electron chi connectivity index (χ4n) is 4.00. The van der Waals surface area contributed by atoms with E-state index in [-0.39, 0.29) is 28.8 Å². The van der Waals surface area contributed by atoms with Crippen molar-refractivity contribution in [3.05, 3.63) is 47.5 Å². The lowest BCUT2D eigenvalue weighted by molar-refractivity contribution is -0.122. The highest BCUT2D eigenvalue weighted by Crippen LogP contribution is 2.40. The highest BCUT2D eigenvalue weighted by atomic mass is 16.3. The van der Waals surface area contributed by atoms with E-state index in [1.807, 2.05) is 0 Å². The van der Waals surface area contributed by atoms with E-state index < -0.39 is 11.8 Å². The van der Waals surface area contributed by atoms with Crippen molar-refractivity contribution < 1.29 is 25.2 Å². The maximum absolute atomic E-state index is 13.8. The van der Waals surface area contributed by atoms with Crippen molar-refractivity contribution in [3.63, 3.8) is 0 Å². The van der Waals surface area contributed by atoms with Crippen LogP contribution in [0, 0.1) is 0 Å². The van der Waals surface area contributed by atoms with Crippen molar-refractivity contribution >= 4 is 5.78 Å². The Morgan fingerprint density at radius 3 is 1.43 bits per heavy atom. The standard InChI is InChI=1S/C25H34O5/c1-3-5-7-9-21(19-13-11-17(26)15-23(19)28)25(30)22(10-8-6-4-2)20-14-12-18(27)16-24(20)29/h11-16,21-22,26-29H,3-10H2,1-2H3. The lowest BCUT2D eigenvalue weighted by atomic mass is 9.78. The molecule has 2 rings (SSSR count). The lowest BCUT2D eigenvalue weighted by Gasteiger charge is -2.25. The molecular formula is C25H34O5. The van der Waals surface area contributed by atoms with Crippen LogP contribution in [-0.2, 0) is 4.79 Å². The zero-order chi connectivity index (χ0) is 22.1. The van der Waals surface area contributed by atoms with Gasteiger partial charge in [0.1, 0.15) is 28.8 Å². The van der Waals surface area contributed by atoms with E-state index in [2.05, 4.69) is 13.8 Å². The van der Waals surface area contributed by atoms with Gasteiger partial charge in [-0.25, -0.2) is 0 Å². The second-order valence-corrected chi connectivity index (χ2v) is 7.99. The van der Waals surface area contributed by atoms with E-state index in [1.165, 1.54) is 24.3 Å². The minimum Gasteiger partial charge on any atom is -0.508 e. The average molecular weight is 415 g/mol. The number of Topliss-reactive ketones (excluding diaryl/α,β-unsaturated/α-hetero) is 1. The first kappa shape index (κ1) is 23.6. The highest BCUT2D eigenvalue weighted by Gasteiger charge is 2.32. The molecule has 0 saturated heterocycles. The van der Waals surface area contributed by atoms with Crippen molar-refractivity contribution in [2.24, 2.45) is 0 Å². The van der Waals surface area contributed by atoms with Crippen LogP contribution in [0.4, 0.5) is 0 Å². The van der Waals surface area contributed by atoms with Gasteiger partial charge in [-0.05, 0) is 25.0 Å². The van der Waals surface area contributed by atoms with Gasteiger partial charge in [-0.2, -0.15) is 0 Å². The number of hydrogen-bond donors (Lipinski definition) is 4. The first-order chi connectivity index (χ1) is 14.4. The number of rotatable bonds is 12. The van der Waals surface area contributed by atoms with Crippen LogP contribution in [-0.4, -0.2) is 26.2 Å². The minimum absolute atomic E-state index is 0.0494. The molecule has 0 amide bonds. The summed E-state index contributed by atoms with van der Waals surface area (Å²) in [6.07, 6.45) is 6.86. The third-order valence-electron chi connectivity index (χ3n) is 5.66. The zero-order valence-electron chi connectivity index (χ0n) is 18.0. The summed E-state index contributed by atoms with van der Waals surface area (Å²) in [5.74, 6) is -1.39. The van der Waals surface area contributed by atoms with Crippen LogP contribution in [0.3, 0.4) is 0 Å². The van der Waals surface area contributed by atoms with E-state index in [0.717, 1.165) is 38.5 Å². The molecule has 0 fully saturated rings. The number of carbonyl (C=O) groups excluding carboxylic acids is 1. The van der Waals surface area contributed by atoms with E-state index in [1.54, 1.807) is 12.1 Å². The summed E-state index contributed by atoms with van der Waals surface area (Å²) >= 11 is 0. The number of carbonyl (C=O) groups is 1. The molecule has 4 N–H and O–H groups in total. The van der Waals surface area contributed by atoms with Gasteiger partial charge >= 0.3 is 0 Å². The van der Waals surface area contributed by atoms with E-state index in [4.69, 9.17) is 0 Å². The summed E-state index contributed by atoms with van der Waals surface area (Å²) in [5, 5.41) is 40.2. The first-order valence-electron chi connectivity index (χ1n) is 11.0. The number of hydrogen-bond acceptors (Lipinski definition) is 5. The minimum atomic E-state index is -0.531. The third-order valence-corrected chi connectivity index (χ3v) is 5.66. The van der Waals surface area contributed by atoms with E-state index in [0.29, 0.717) is 24.0 Å². The molecule has 0 aromatic heterocycles. The molecule has 5 heteroatoms. The molecule has 0 radical (unpaired) electrons. The van der Waals surface area contributed by atoms with Crippen molar-refractivity contribution in [2.75, 3.05) is 0 Å². The molecule has 0 saturated carbocycles. The summed E-state index contributed by atoms with van der Waals surface area (Å²) in [4.78, 5) is 13.8. The van der Waals surface area contributed by atoms with Crippen LogP contribution in [0.5, 0.6) is 23.0 Å². The van der Waals surface area contributed by atoms with Gasteiger partial charge in [-0.3, -0.25) is 4.79 Å². The van der Waals surface area contributed by atoms with Gasteiger partial charge in [-0.15, -0.1) is 0 Å². The van der Waals surface area contributed by atoms with Crippen molar-refractivity contribution in [2.45, 2.75) is 77.0 Å². The van der Waals surface area contributed by atoms with Crippen LogP contribution in [0.2, 0.25) is 0 Å². The number of ketones is 1. The van der Waals surface area contributed by atoms with E-state index >= 15 is 0 Å². The second kappa shape index (κ2) is 11.5. The van der Waals surface area contributed by atoms with Gasteiger partial charge in [0.25, 0.3) is 0 Å². The van der Waals surface area contributed by atoms with Gasteiger partial charge < -0.3 is 20.4 Å². The maximum atomic E-state index is 13.8. The Labute approximate surface area is 179 Å². The van der Waals surface area contributed by atoms with Crippen molar-refractivity contribution in [3.8, 4) is 23.0 Å². The Hall–Kier alpha value is -2.69. The molecule has 0 spiro atoms. The Balaban J connectivity index is 2.43. The SMILES string of the molecule is CCCCCC(C(=O)C(CCCCC)c1ccc(O)cc1O)c1ccc(O)cc1O. The van der Waals surface area contributed by atoms with Gasteiger partial charge in [0.15, 0.2) is 0 Å². The molecule has 164 valence electrons. The molecule has 0 bridgehead atoms. The fourth-order valence-corrected chi connectivity index (χ4v) is 4.00. The lowest BCUT2D eigenvalue weighted by Crippen LogP contribution is -2.21. The predicted molar refractivity (Wildman–Crippen MR) is 118 cm³/mol. The Morgan fingerprint density at radius 1 is 0.700 bits per heavy atom. The monoisotopic (exact) mass is 414 g/mol. The topological polar surface area (TPSA) is 98.0 Å². The summed E-state index contributed by atoms with van der Waals surface area (Å²) < 4.78 is 0. The Bertz CT molecular complexity index is 763.